The molecule has 3 aromatic rings. The van der Waals surface area contributed by atoms with E-state index in [1.807, 2.05) is 0 Å². The van der Waals surface area contributed by atoms with Gasteiger partial charge in [-0.25, -0.2) is 0 Å². The van der Waals surface area contributed by atoms with Crippen LogP contribution in [-0.2, 0) is 13.1 Å². The number of piperazine rings is 2. The van der Waals surface area contributed by atoms with E-state index >= 15 is 0 Å². The number of hydrogen-bond acceptors (Lipinski definition) is 4. The highest BCUT2D eigenvalue weighted by Crippen LogP contribution is 2.18. The van der Waals surface area contributed by atoms with Crippen molar-refractivity contribution in [2.24, 2.45) is 0 Å². The molecule has 1 aromatic heterocycles. The van der Waals surface area contributed by atoms with Gasteiger partial charge in [0.25, 0.3) is 0 Å². The molecule has 0 amide bonds. The van der Waals surface area contributed by atoms with Crippen LogP contribution in [0.4, 0.5) is 11.4 Å². The third kappa shape index (κ3) is 5.12. The van der Waals surface area contributed by atoms with Crippen molar-refractivity contribution in [3.05, 3.63) is 84.2 Å². The zero-order chi connectivity index (χ0) is 20.9. The van der Waals surface area contributed by atoms with Gasteiger partial charge >= 0.3 is 0 Å². The Kier molecular flexibility index (Phi) is 6.23. The number of anilines is 2. The van der Waals surface area contributed by atoms with Crippen molar-refractivity contribution in [1.82, 2.24) is 14.8 Å². The van der Waals surface area contributed by atoms with Crippen molar-refractivity contribution < 1.29 is 0 Å². The molecule has 2 saturated heterocycles. The molecular weight excluding hydrogens is 382 g/mol. The van der Waals surface area contributed by atoms with Crippen LogP contribution in [0, 0.1) is 0 Å². The third-order valence-corrected chi connectivity index (χ3v) is 6.58. The maximum atomic E-state index is 3.68. The van der Waals surface area contributed by atoms with Gasteiger partial charge in [0.2, 0.25) is 0 Å². The van der Waals surface area contributed by atoms with Gasteiger partial charge in [0.15, 0.2) is 0 Å². The first-order valence-corrected chi connectivity index (χ1v) is 11.5. The molecule has 162 valence electrons. The minimum absolute atomic E-state index is 1.02. The van der Waals surface area contributed by atoms with Gasteiger partial charge in [-0.15, -0.1) is 0 Å². The molecule has 0 unspecified atom stereocenters. The fraction of sp³-hybridized carbons (Fsp3) is 0.385. The Labute approximate surface area is 185 Å². The largest absolute Gasteiger partial charge is 0.369 e. The summed E-state index contributed by atoms with van der Waals surface area (Å²) in [5.74, 6) is 0. The lowest BCUT2D eigenvalue weighted by molar-refractivity contribution is 0.242. The molecule has 0 saturated carbocycles. The molecule has 0 bridgehead atoms. The molecule has 31 heavy (non-hydrogen) atoms. The zero-order valence-corrected chi connectivity index (χ0v) is 18.3. The van der Waals surface area contributed by atoms with Gasteiger partial charge in [-0.3, -0.25) is 9.80 Å². The van der Waals surface area contributed by atoms with Crippen molar-refractivity contribution in [2.75, 3.05) is 62.2 Å². The van der Waals surface area contributed by atoms with Crippen LogP contribution in [0.2, 0.25) is 0 Å². The Hall–Kier alpha value is -2.76. The lowest BCUT2D eigenvalue weighted by Gasteiger charge is -2.36. The van der Waals surface area contributed by atoms with Crippen LogP contribution in [0.3, 0.4) is 0 Å². The predicted molar refractivity (Wildman–Crippen MR) is 129 cm³/mol. The first kappa shape index (κ1) is 20.2. The van der Waals surface area contributed by atoms with Gasteiger partial charge in [-0.2, -0.15) is 0 Å². The summed E-state index contributed by atoms with van der Waals surface area (Å²) in [7, 11) is 0. The van der Waals surface area contributed by atoms with Crippen LogP contribution in [-0.4, -0.2) is 67.1 Å². The summed E-state index contributed by atoms with van der Waals surface area (Å²) < 4.78 is 0. The van der Waals surface area contributed by atoms with Crippen LogP contribution in [0.1, 0.15) is 11.4 Å². The van der Waals surface area contributed by atoms with E-state index in [0.29, 0.717) is 0 Å². The van der Waals surface area contributed by atoms with Crippen molar-refractivity contribution >= 4 is 11.4 Å². The van der Waals surface area contributed by atoms with Crippen LogP contribution in [0.15, 0.2) is 72.8 Å². The van der Waals surface area contributed by atoms with E-state index in [-0.39, 0.29) is 0 Å². The molecule has 5 nitrogen and oxygen atoms in total. The zero-order valence-electron chi connectivity index (χ0n) is 18.3. The van der Waals surface area contributed by atoms with Gasteiger partial charge in [0, 0.05) is 88.2 Å². The predicted octanol–water partition coefficient (Wildman–Crippen LogP) is 3.66. The Morgan fingerprint density at radius 3 is 1.26 bits per heavy atom. The van der Waals surface area contributed by atoms with Crippen molar-refractivity contribution in [1.29, 1.82) is 0 Å². The minimum atomic E-state index is 1.02. The van der Waals surface area contributed by atoms with E-state index in [0.717, 1.165) is 65.4 Å². The minimum Gasteiger partial charge on any atom is -0.369 e. The number of aromatic amines is 1. The summed E-state index contributed by atoms with van der Waals surface area (Å²) in [6, 6.07) is 26.1. The number of rotatable bonds is 6. The molecule has 0 atom stereocenters. The second kappa shape index (κ2) is 9.58. The first-order chi connectivity index (χ1) is 15.3. The molecule has 5 rings (SSSR count). The third-order valence-electron chi connectivity index (χ3n) is 6.58. The second-order valence-electron chi connectivity index (χ2n) is 8.71. The fourth-order valence-corrected chi connectivity index (χ4v) is 4.76. The Morgan fingerprint density at radius 2 is 0.871 bits per heavy atom. The van der Waals surface area contributed by atoms with Gasteiger partial charge in [-0.1, -0.05) is 36.4 Å². The highest BCUT2D eigenvalue weighted by Gasteiger charge is 2.19. The standard InChI is InChI=1S/C26H33N5/c1-3-7-25(8-4-1)30-17-13-28(14-18-30)21-23-11-12-24(27-23)22-29-15-19-31(20-16-29)26-9-5-2-6-10-26/h1-12,27H,13-22H2. The van der Waals surface area contributed by atoms with E-state index in [2.05, 4.69) is 97.4 Å². The molecule has 2 aliphatic heterocycles. The molecule has 0 spiro atoms. The number of H-pyrrole nitrogens is 1. The summed E-state index contributed by atoms with van der Waals surface area (Å²) in [6.07, 6.45) is 0. The lowest BCUT2D eigenvalue weighted by atomic mass is 10.2. The van der Waals surface area contributed by atoms with E-state index in [4.69, 9.17) is 0 Å². The number of para-hydroxylation sites is 2. The number of benzene rings is 2. The SMILES string of the molecule is c1ccc(N2CCN(Cc3ccc(CN4CCN(c5ccccc5)CC4)[nH]3)CC2)cc1. The molecule has 5 heteroatoms. The van der Waals surface area contributed by atoms with Crippen molar-refractivity contribution in [3.63, 3.8) is 0 Å². The average molecular weight is 416 g/mol. The fourth-order valence-electron chi connectivity index (χ4n) is 4.76. The molecule has 0 aliphatic carbocycles. The Morgan fingerprint density at radius 1 is 0.484 bits per heavy atom. The summed E-state index contributed by atoms with van der Waals surface area (Å²) in [5.41, 5.74) is 5.37. The van der Waals surface area contributed by atoms with Crippen LogP contribution < -0.4 is 9.80 Å². The number of hydrogen-bond donors (Lipinski definition) is 1. The summed E-state index contributed by atoms with van der Waals surface area (Å²) in [6.45, 7) is 10.9. The van der Waals surface area contributed by atoms with E-state index in [9.17, 15) is 0 Å². The van der Waals surface area contributed by atoms with Gasteiger partial charge in [0.05, 0.1) is 0 Å². The smallest absolute Gasteiger partial charge is 0.0386 e. The van der Waals surface area contributed by atoms with Crippen molar-refractivity contribution in [2.45, 2.75) is 13.1 Å². The van der Waals surface area contributed by atoms with Gasteiger partial charge in [-0.05, 0) is 36.4 Å². The summed E-state index contributed by atoms with van der Waals surface area (Å²) in [4.78, 5) is 13.8. The molecule has 0 radical (unpaired) electrons. The Balaban J connectivity index is 1.07. The number of aromatic nitrogens is 1. The first-order valence-electron chi connectivity index (χ1n) is 11.5. The van der Waals surface area contributed by atoms with E-state index in [1.165, 1.54) is 22.8 Å². The van der Waals surface area contributed by atoms with Crippen LogP contribution in [0.5, 0.6) is 0 Å². The molecule has 1 N–H and O–H groups in total. The maximum absolute atomic E-state index is 3.68. The summed E-state index contributed by atoms with van der Waals surface area (Å²) in [5, 5.41) is 0. The van der Waals surface area contributed by atoms with E-state index in [1.54, 1.807) is 0 Å². The molecular formula is C26H33N5. The molecule has 2 aliphatic rings. The maximum Gasteiger partial charge on any atom is 0.0386 e. The van der Waals surface area contributed by atoms with Crippen molar-refractivity contribution in [3.8, 4) is 0 Å². The highest BCUT2D eigenvalue weighted by molar-refractivity contribution is 5.47. The number of nitrogens with zero attached hydrogens (tertiary/aromatic N) is 4. The monoisotopic (exact) mass is 415 g/mol. The van der Waals surface area contributed by atoms with Crippen LogP contribution in [0.25, 0.3) is 0 Å². The molecule has 2 aromatic carbocycles. The van der Waals surface area contributed by atoms with Gasteiger partial charge in [0.1, 0.15) is 0 Å². The summed E-state index contributed by atoms with van der Waals surface area (Å²) >= 11 is 0. The number of nitrogens with one attached hydrogen (secondary N) is 1. The average Bonchev–Trinajstić information content (AvgIpc) is 3.28. The van der Waals surface area contributed by atoms with Gasteiger partial charge < -0.3 is 14.8 Å². The Bertz CT molecular complexity index is 847. The highest BCUT2D eigenvalue weighted by atomic mass is 15.3. The van der Waals surface area contributed by atoms with E-state index < -0.39 is 0 Å². The molecule has 3 heterocycles. The normalized spacial score (nSPS) is 18.5. The second-order valence-corrected chi connectivity index (χ2v) is 8.71. The topological polar surface area (TPSA) is 28.8 Å². The quantitative estimate of drug-likeness (QED) is 0.665. The molecule has 2 fully saturated rings. The lowest BCUT2D eigenvalue weighted by Crippen LogP contribution is -2.46. The van der Waals surface area contributed by atoms with Crippen LogP contribution >= 0.6 is 0 Å².